The number of β-amino-alcohol motifs (C(OH)–C–C–N with tert-alkyl or cyclic N) is 1. The summed E-state index contributed by atoms with van der Waals surface area (Å²) < 4.78 is 0. The standard InChI is InChI=1S/C36H59N5O4S/c1-35(2,3)32(38-31(43)23-40-18-12-13-19-40)34(45)37-28(24-46-27-16-8-7-9-17-27)30(42)22-41-21-26-15-11-10-14-25(26)20-29(41)33(44)39-36(4,5)6/h7-9,16-17,25-26,28-30,32,42H,10-15,18-24H2,1-6H3,(H,37,45)(H,38,43)(H,39,44)/t25-,26+,28?,29-,30+,32+/m0/s1. The number of hydrogen-bond donors (Lipinski definition) is 4. The van der Waals surface area contributed by atoms with Gasteiger partial charge in [0.2, 0.25) is 17.7 Å². The van der Waals surface area contributed by atoms with E-state index in [4.69, 9.17) is 0 Å². The number of carbonyl (C=O) groups excluding carboxylic acids is 3. The maximum absolute atomic E-state index is 14.0. The molecule has 1 aliphatic carbocycles. The lowest BCUT2D eigenvalue weighted by Crippen LogP contribution is -2.62. The molecule has 46 heavy (non-hydrogen) atoms. The Kier molecular flexibility index (Phi) is 13.0. The molecule has 4 rings (SSSR count). The highest BCUT2D eigenvalue weighted by Crippen LogP contribution is 2.39. The molecule has 0 bridgehead atoms. The Balaban J connectivity index is 1.51. The largest absolute Gasteiger partial charge is 0.390 e. The number of carbonyl (C=O) groups is 3. The van der Waals surface area contributed by atoms with Gasteiger partial charge in [-0.2, -0.15) is 0 Å². The lowest BCUT2D eigenvalue weighted by atomic mass is 9.72. The van der Waals surface area contributed by atoms with Crippen molar-refractivity contribution in [1.29, 1.82) is 0 Å². The first-order chi connectivity index (χ1) is 21.7. The lowest BCUT2D eigenvalue weighted by Gasteiger charge is -2.47. The van der Waals surface area contributed by atoms with Gasteiger partial charge in [0.25, 0.3) is 0 Å². The smallest absolute Gasteiger partial charge is 0.243 e. The van der Waals surface area contributed by atoms with Crippen LogP contribution in [-0.4, -0.2) is 101 Å². The van der Waals surface area contributed by atoms with Crippen molar-refractivity contribution in [3.05, 3.63) is 30.3 Å². The number of piperidine rings is 1. The van der Waals surface area contributed by atoms with Crippen LogP contribution in [0.15, 0.2) is 35.2 Å². The summed E-state index contributed by atoms with van der Waals surface area (Å²) in [6.45, 7) is 15.0. The van der Waals surface area contributed by atoms with E-state index in [-0.39, 0.29) is 42.4 Å². The van der Waals surface area contributed by atoms with Gasteiger partial charge >= 0.3 is 0 Å². The second-order valence-electron chi connectivity index (χ2n) is 15.9. The second-order valence-corrected chi connectivity index (χ2v) is 17.0. The molecule has 2 saturated heterocycles. The minimum atomic E-state index is -0.911. The van der Waals surface area contributed by atoms with E-state index in [9.17, 15) is 19.5 Å². The molecule has 1 aromatic rings. The summed E-state index contributed by atoms with van der Waals surface area (Å²) >= 11 is 1.58. The summed E-state index contributed by atoms with van der Waals surface area (Å²) in [6, 6.07) is 8.29. The number of thioether (sulfide) groups is 1. The van der Waals surface area contributed by atoms with Gasteiger partial charge < -0.3 is 21.1 Å². The first-order valence-corrected chi connectivity index (χ1v) is 18.4. The van der Waals surface area contributed by atoms with Crippen molar-refractivity contribution in [2.75, 3.05) is 38.5 Å². The summed E-state index contributed by atoms with van der Waals surface area (Å²) in [6.07, 6.45) is 6.80. The van der Waals surface area contributed by atoms with E-state index in [1.807, 2.05) is 71.9 Å². The minimum absolute atomic E-state index is 0.0106. The van der Waals surface area contributed by atoms with Crippen LogP contribution in [0.25, 0.3) is 0 Å². The summed E-state index contributed by atoms with van der Waals surface area (Å²) in [4.78, 5) is 46.0. The number of aliphatic hydroxyl groups excluding tert-OH is 1. The van der Waals surface area contributed by atoms with Crippen molar-refractivity contribution in [3.8, 4) is 0 Å². The molecule has 4 N–H and O–H groups in total. The highest BCUT2D eigenvalue weighted by molar-refractivity contribution is 7.99. The molecule has 1 saturated carbocycles. The quantitative estimate of drug-likeness (QED) is 0.251. The normalized spacial score (nSPS) is 24.8. The molecule has 3 amide bonds. The number of likely N-dealkylation sites (tertiary alicyclic amines) is 2. The average molecular weight is 658 g/mol. The van der Waals surface area contributed by atoms with Crippen LogP contribution in [0, 0.1) is 17.3 Å². The lowest BCUT2D eigenvalue weighted by molar-refractivity contribution is -0.134. The third-order valence-corrected chi connectivity index (χ3v) is 10.8. The molecule has 2 heterocycles. The first-order valence-electron chi connectivity index (χ1n) is 17.4. The molecular weight excluding hydrogens is 598 g/mol. The number of benzene rings is 1. The third-order valence-electron chi connectivity index (χ3n) is 9.69. The van der Waals surface area contributed by atoms with E-state index >= 15 is 0 Å². The van der Waals surface area contributed by atoms with E-state index in [1.54, 1.807) is 11.8 Å². The number of fused-ring (bicyclic) bond motifs is 1. The van der Waals surface area contributed by atoms with Crippen LogP contribution >= 0.6 is 11.8 Å². The Hall–Kier alpha value is -2.14. The Bertz CT molecular complexity index is 1150. The first kappa shape index (κ1) is 36.7. The van der Waals surface area contributed by atoms with Gasteiger partial charge in [0.15, 0.2) is 0 Å². The Morgan fingerprint density at radius 3 is 2.22 bits per heavy atom. The van der Waals surface area contributed by atoms with Crippen molar-refractivity contribution < 1.29 is 19.5 Å². The SMILES string of the molecule is CC(C)(C)NC(=O)[C@@H]1C[C@@H]2CCCC[C@@H]2CN1C[C@@H](O)C(CSc1ccccc1)NC(=O)[C@@H](NC(=O)CN1CCCC1)C(C)(C)C. The number of nitrogens with one attached hydrogen (secondary N) is 3. The number of aliphatic hydroxyl groups is 1. The van der Waals surface area contributed by atoms with E-state index in [2.05, 4.69) is 25.8 Å². The van der Waals surface area contributed by atoms with Gasteiger partial charge in [-0.05, 0) is 88.9 Å². The molecule has 9 nitrogen and oxygen atoms in total. The van der Waals surface area contributed by atoms with E-state index in [0.717, 1.165) is 56.6 Å². The van der Waals surface area contributed by atoms with Crippen LogP contribution in [0.4, 0.5) is 0 Å². The Labute approximate surface area is 281 Å². The monoisotopic (exact) mass is 657 g/mol. The number of hydrogen-bond acceptors (Lipinski definition) is 7. The highest BCUT2D eigenvalue weighted by Gasteiger charge is 2.42. The predicted octanol–water partition coefficient (Wildman–Crippen LogP) is 4.05. The molecule has 3 aliphatic rings. The van der Waals surface area contributed by atoms with Crippen molar-refractivity contribution in [2.24, 2.45) is 17.3 Å². The van der Waals surface area contributed by atoms with Crippen LogP contribution < -0.4 is 16.0 Å². The Morgan fingerprint density at radius 2 is 1.59 bits per heavy atom. The summed E-state index contributed by atoms with van der Waals surface area (Å²) in [7, 11) is 0. The number of rotatable bonds is 12. The van der Waals surface area contributed by atoms with Crippen LogP contribution in [0.2, 0.25) is 0 Å². The van der Waals surface area contributed by atoms with Gasteiger partial charge in [-0.3, -0.25) is 24.2 Å². The molecule has 2 aliphatic heterocycles. The van der Waals surface area contributed by atoms with Crippen molar-refractivity contribution >= 4 is 29.5 Å². The fourth-order valence-electron chi connectivity index (χ4n) is 7.24. The van der Waals surface area contributed by atoms with Gasteiger partial charge in [0.1, 0.15) is 6.04 Å². The van der Waals surface area contributed by atoms with Crippen LogP contribution in [0.5, 0.6) is 0 Å². The zero-order chi connectivity index (χ0) is 33.5. The summed E-state index contributed by atoms with van der Waals surface area (Å²) in [5.41, 5.74) is -0.888. The molecule has 0 aromatic heterocycles. The molecule has 3 fully saturated rings. The highest BCUT2D eigenvalue weighted by atomic mass is 32.2. The maximum atomic E-state index is 14.0. The molecule has 6 atom stereocenters. The molecule has 1 aromatic carbocycles. The number of nitrogens with zero attached hydrogens (tertiary/aromatic N) is 2. The van der Waals surface area contributed by atoms with Crippen LogP contribution in [0.1, 0.15) is 86.5 Å². The van der Waals surface area contributed by atoms with Gasteiger partial charge in [-0.15, -0.1) is 11.8 Å². The third kappa shape index (κ3) is 11.0. The van der Waals surface area contributed by atoms with Crippen LogP contribution in [-0.2, 0) is 14.4 Å². The Morgan fingerprint density at radius 1 is 0.935 bits per heavy atom. The van der Waals surface area contributed by atoms with E-state index < -0.39 is 23.6 Å². The maximum Gasteiger partial charge on any atom is 0.243 e. The predicted molar refractivity (Wildman–Crippen MR) is 185 cm³/mol. The summed E-state index contributed by atoms with van der Waals surface area (Å²) in [5.74, 6) is 1.05. The van der Waals surface area contributed by atoms with E-state index in [1.165, 1.54) is 12.8 Å². The molecule has 0 spiro atoms. The molecular formula is C36H59N5O4S. The van der Waals surface area contributed by atoms with Crippen molar-refractivity contribution in [2.45, 2.75) is 121 Å². The molecule has 10 heteroatoms. The average Bonchev–Trinajstić information content (AvgIpc) is 3.49. The van der Waals surface area contributed by atoms with Gasteiger partial charge in [0, 0.05) is 29.3 Å². The van der Waals surface area contributed by atoms with E-state index in [0.29, 0.717) is 17.6 Å². The molecule has 258 valence electrons. The van der Waals surface area contributed by atoms with Gasteiger partial charge in [-0.1, -0.05) is 58.2 Å². The molecule has 1 unspecified atom stereocenters. The number of amides is 3. The fraction of sp³-hybridized carbons (Fsp3) is 0.750. The van der Waals surface area contributed by atoms with Crippen molar-refractivity contribution in [1.82, 2.24) is 25.8 Å². The van der Waals surface area contributed by atoms with Gasteiger partial charge in [-0.25, -0.2) is 0 Å². The molecule has 0 radical (unpaired) electrons. The zero-order valence-corrected chi connectivity index (χ0v) is 29.8. The summed E-state index contributed by atoms with van der Waals surface area (Å²) in [5, 5.41) is 21.2. The second kappa shape index (κ2) is 16.3. The minimum Gasteiger partial charge on any atom is -0.390 e. The van der Waals surface area contributed by atoms with Gasteiger partial charge in [0.05, 0.1) is 24.7 Å². The zero-order valence-electron chi connectivity index (χ0n) is 29.0. The van der Waals surface area contributed by atoms with Crippen molar-refractivity contribution in [3.63, 3.8) is 0 Å². The van der Waals surface area contributed by atoms with Crippen LogP contribution in [0.3, 0.4) is 0 Å². The topological polar surface area (TPSA) is 114 Å². The fourth-order valence-corrected chi connectivity index (χ4v) is 8.27.